The fourth-order valence-electron chi connectivity index (χ4n) is 4.56. The summed E-state index contributed by atoms with van der Waals surface area (Å²) in [6.45, 7) is 8.56. The Bertz CT molecular complexity index is 1200. The lowest BCUT2D eigenvalue weighted by molar-refractivity contribution is -0.136. The first-order chi connectivity index (χ1) is 17.7. The summed E-state index contributed by atoms with van der Waals surface area (Å²) in [6, 6.07) is 18.9. The molecule has 0 spiro atoms. The lowest BCUT2D eigenvalue weighted by Crippen LogP contribution is -2.30. The Labute approximate surface area is 219 Å². The summed E-state index contributed by atoms with van der Waals surface area (Å²) in [4.78, 5) is 24.9. The van der Waals surface area contributed by atoms with Crippen LogP contribution in [0.5, 0.6) is 11.5 Å². The Balaban J connectivity index is 1.90. The van der Waals surface area contributed by atoms with E-state index in [1.54, 1.807) is 7.11 Å². The molecule has 37 heavy (non-hydrogen) atoms. The van der Waals surface area contributed by atoms with Gasteiger partial charge in [0.25, 0.3) is 5.91 Å². The first-order valence-electron chi connectivity index (χ1n) is 12.6. The summed E-state index contributed by atoms with van der Waals surface area (Å²) >= 11 is 0. The summed E-state index contributed by atoms with van der Waals surface area (Å²) in [5.41, 5.74) is 5.07. The molecule has 6 nitrogen and oxygen atoms in total. The topological polar surface area (TPSA) is 84.9 Å². The normalized spacial score (nSPS) is 11.7. The van der Waals surface area contributed by atoms with E-state index < -0.39 is 5.97 Å². The lowest BCUT2D eigenvalue weighted by Gasteiger charge is -2.24. The van der Waals surface area contributed by atoms with Crippen LogP contribution in [0.4, 0.5) is 0 Å². The third kappa shape index (κ3) is 7.84. The zero-order valence-corrected chi connectivity index (χ0v) is 22.3. The third-order valence-electron chi connectivity index (χ3n) is 6.28. The molecular weight excluding hydrogens is 466 g/mol. The number of methoxy groups -OCH3 is 1. The monoisotopic (exact) mass is 503 g/mol. The molecule has 196 valence electrons. The van der Waals surface area contributed by atoms with Gasteiger partial charge in [-0.25, -0.2) is 0 Å². The van der Waals surface area contributed by atoms with E-state index in [4.69, 9.17) is 9.47 Å². The lowest BCUT2D eigenvalue weighted by atomic mass is 9.93. The number of aryl methyl sites for hydroxylation is 3. The van der Waals surface area contributed by atoms with Crippen LogP contribution in [-0.2, 0) is 17.8 Å². The van der Waals surface area contributed by atoms with Gasteiger partial charge in [-0.3, -0.25) is 9.59 Å². The maximum Gasteiger partial charge on any atom is 0.303 e. The van der Waals surface area contributed by atoms with E-state index in [0.717, 1.165) is 40.2 Å². The minimum absolute atomic E-state index is 0.0492. The van der Waals surface area contributed by atoms with Crippen molar-refractivity contribution in [3.8, 4) is 11.5 Å². The Hall–Kier alpha value is -3.80. The molecule has 3 aromatic carbocycles. The molecule has 1 amide bonds. The number of carboxylic acids is 1. The number of carbonyl (C=O) groups excluding carboxylic acids is 1. The maximum absolute atomic E-state index is 13.7. The summed E-state index contributed by atoms with van der Waals surface area (Å²) in [7, 11) is 1.66. The molecule has 0 bridgehead atoms. The standard InChI is InChI=1S/C31H37NO5/c1-20(2)15-28(25-16-21(3)30(36-5)22(4)17-25)32-31(35)27-18-23(11-12-24(27)13-14-29(33)34)19-37-26-9-7-6-8-10-26/h6-12,16-18,20,28H,13-15,19H2,1-5H3,(H,32,35)(H,33,34). The van der Waals surface area contributed by atoms with E-state index in [1.165, 1.54) is 0 Å². The van der Waals surface area contributed by atoms with Crippen molar-refractivity contribution in [3.63, 3.8) is 0 Å². The van der Waals surface area contributed by atoms with E-state index in [9.17, 15) is 14.7 Å². The highest BCUT2D eigenvalue weighted by Crippen LogP contribution is 2.30. The van der Waals surface area contributed by atoms with E-state index in [1.807, 2.05) is 62.4 Å². The second-order valence-electron chi connectivity index (χ2n) is 9.83. The molecular formula is C31H37NO5. The van der Waals surface area contributed by atoms with Crippen LogP contribution >= 0.6 is 0 Å². The average molecular weight is 504 g/mol. The highest BCUT2D eigenvalue weighted by molar-refractivity contribution is 5.96. The van der Waals surface area contributed by atoms with E-state index in [0.29, 0.717) is 23.7 Å². The van der Waals surface area contributed by atoms with Gasteiger partial charge in [-0.15, -0.1) is 0 Å². The second kappa shape index (κ2) is 12.9. The van der Waals surface area contributed by atoms with Gasteiger partial charge in [0.1, 0.15) is 18.1 Å². The molecule has 1 unspecified atom stereocenters. The molecule has 3 aromatic rings. The Kier molecular flexibility index (Phi) is 9.72. The molecule has 0 heterocycles. The molecule has 0 radical (unpaired) electrons. The number of para-hydroxylation sites is 1. The minimum atomic E-state index is -0.898. The van der Waals surface area contributed by atoms with Crippen LogP contribution in [0.1, 0.15) is 70.9 Å². The first-order valence-corrected chi connectivity index (χ1v) is 12.6. The molecule has 0 aliphatic carbocycles. The summed E-state index contributed by atoms with van der Waals surface area (Å²) < 4.78 is 11.4. The highest BCUT2D eigenvalue weighted by Gasteiger charge is 2.21. The van der Waals surface area contributed by atoms with Crippen molar-refractivity contribution in [1.82, 2.24) is 5.32 Å². The highest BCUT2D eigenvalue weighted by atomic mass is 16.5. The van der Waals surface area contributed by atoms with Gasteiger partial charge < -0.3 is 19.9 Å². The van der Waals surface area contributed by atoms with Gasteiger partial charge in [0, 0.05) is 12.0 Å². The van der Waals surface area contributed by atoms with Crippen LogP contribution in [0.2, 0.25) is 0 Å². The van der Waals surface area contributed by atoms with Crippen LogP contribution in [0.15, 0.2) is 60.7 Å². The van der Waals surface area contributed by atoms with Crippen molar-refractivity contribution in [1.29, 1.82) is 0 Å². The summed E-state index contributed by atoms with van der Waals surface area (Å²) in [6.07, 6.45) is 0.984. The molecule has 3 rings (SSSR count). The van der Waals surface area contributed by atoms with Crippen LogP contribution < -0.4 is 14.8 Å². The van der Waals surface area contributed by atoms with Gasteiger partial charge in [0.05, 0.1) is 13.2 Å². The van der Waals surface area contributed by atoms with Crippen molar-refractivity contribution >= 4 is 11.9 Å². The first kappa shape index (κ1) is 27.8. The van der Waals surface area contributed by atoms with Crippen LogP contribution in [0, 0.1) is 19.8 Å². The quantitative estimate of drug-likeness (QED) is 0.298. The minimum Gasteiger partial charge on any atom is -0.496 e. The zero-order valence-electron chi connectivity index (χ0n) is 22.3. The molecule has 6 heteroatoms. The third-order valence-corrected chi connectivity index (χ3v) is 6.28. The Morgan fingerprint density at radius 1 is 0.973 bits per heavy atom. The number of amides is 1. The summed E-state index contributed by atoms with van der Waals surface area (Å²) in [5.74, 6) is 0.819. The smallest absolute Gasteiger partial charge is 0.303 e. The van der Waals surface area contributed by atoms with Gasteiger partial charge in [-0.05, 0) is 78.6 Å². The average Bonchev–Trinajstić information content (AvgIpc) is 2.86. The van der Waals surface area contributed by atoms with Crippen molar-refractivity contribution in [2.24, 2.45) is 5.92 Å². The number of ether oxygens (including phenoxy) is 2. The van der Waals surface area contributed by atoms with Gasteiger partial charge in [-0.2, -0.15) is 0 Å². The number of carbonyl (C=O) groups is 2. The predicted molar refractivity (Wildman–Crippen MR) is 145 cm³/mol. The largest absolute Gasteiger partial charge is 0.496 e. The number of rotatable bonds is 12. The number of aliphatic carboxylic acids is 1. The van der Waals surface area contributed by atoms with Gasteiger partial charge >= 0.3 is 5.97 Å². The van der Waals surface area contributed by atoms with Gasteiger partial charge in [-0.1, -0.05) is 56.3 Å². The molecule has 0 aliphatic rings. The van der Waals surface area contributed by atoms with Crippen LogP contribution in [-0.4, -0.2) is 24.1 Å². The number of hydrogen-bond acceptors (Lipinski definition) is 4. The maximum atomic E-state index is 13.7. The molecule has 2 N–H and O–H groups in total. The predicted octanol–water partition coefficient (Wildman–Crippen LogP) is 6.43. The second-order valence-corrected chi connectivity index (χ2v) is 9.83. The fourth-order valence-corrected chi connectivity index (χ4v) is 4.56. The van der Waals surface area contributed by atoms with Crippen LogP contribution in [0.3, 0.4) is 0 Å². The van der Waals surface area contributed by atoms with Crippen molar-refractivity contribution in [2.75, 3.05) is 7.11 Å². The molecule has 0 saturated heterocycles. The van der Waals surface area contributed by atoms with E-state index in [2.05, 4.69) is 31.3 Å². The molecule has 0 fully saturated rings. The molecule has 1 atom stereocenters. The number of nitrogens with one attached hydrogen (secondary N) is 1. The fraction of sp³-hybridized carbons (Fsp3) is 0.355. The Morgan fingerprint density at radius 3 is 2.24 bits per heavy atom. The molecule has 0 aromatic heterocycles. The zero-order chi connectivity index (χ0) is 26.9. The van der Waals surface area contributed by atoms with Crippen molar-refractivity contribution < 1.29 is 24.2 Å². The number of benzene rings is 3. The molecule has 0 saturated carbocycles. The van der Waals surface area contributed by atoms with Crippen molar-refractivity contribution in [2.45, 2.75) is 59.6 Å². The van der Waals surface area contributed by atoms with E-state index in [-0.39, 0.29) is 24.8 Å². The Morgan fingerprint density at radius 2 is 1.65 bits per heavy atom. The number of carboxylic acid groups (broad SMARTS) is 1. The van der Waals surface area contributed by atoms with Crippen molar-refractivity contribution in [3.05, 3.63) is 94.0 Å². The van der Waals surface area contributed by atoms with Crippen LogP contribution in [0.25, 0.3) is 0 Å². The molecule has 0 aliphatic heterocycles. The SMILES string of the molecule is COc1c(C)cc(C(CC(C)C)NC(=O)c2cc(COc3ccccc3)ccc2CCC(=O)O)cc1C. The number of hydrogen-bond donors (Lipinski definition) is 2. The summed E-state index contributed by atoms with van der Waals surface area (Å²) in [5, 5.41) is 12.5. The van der Waals surface area contributed by atoms with E-state index >= 15 is 0 Å². The van der Waals surface area contributed by atoms with Gasteiger partial charge in [0.15, 0.2) is 0 Å². The van der Waals surface area contributed by atoms with Gasteiger partial charge in [0.2, 0.25) is 0 Å².